The number of amides is 1. The first kappa shape index (κ1) is 18.2. The van der Waals surface area contributed by atoms with E-state index in [9.17, 15) is 9.59 Å². The van der Waals surface area contributed by atoms with Crippen LogP contribution in [-0.2, 0) is 9.59 Å². The molecule has 0 bridgehead atoms. The Morgan fingerprint density at radius 2 is 1.76 bits per heavy atom. The molecule has 0 heterocycles. The quantitative estimate of drug-likeness (QED) is 0.364. The number of carbonyl (C=O) groups is 2. The molecule has 0 aliphatic heterocycles. The van der Waals surface area contributed by atoms with Gasteiger partial charge in [0.2, 0.25) is 5.91 Å². The van der Waals surface area contributed by atoms with Crippen molar-refractivity contribution in [2.45, 2.75) is 20.3 Å². The number of hydrogen-bond donors (Lipinski definition) is 1. The van der Waals surface area contributed by atoms with Gasteiger partial charge >= 0.3 is 5.97 Å². The Kier molecular flexibility index (Phi) is 6.71. The maximum Gasteiger partial charge on any atom is 0.308 e. The van der Waals surface area contributed by atoms with Crippen molar-refractivity contribution in [3.8, 4) is 11.5 Å². The minimum Gasteiger partial charge on any atom is -0.493 e. The predicted octanol–water partition coefficient (Wildman–Crippen LogP) is 2.84. The highest BCUT2D eigenvalue weighted by molar-refractivity contribution is 5.86. The molecule has 0 aliphatic rings. The smallest absolute Gasteiger partial charge is 0.308 e. The molecule has 2 aromatic carbocycles. The van der Waals surface area contributed by atoms with Crippen molar-refractivity contribution in [2.24, 2.45) is 5.10 Å². The largest absolute Gasteiger partial charge is 0.493 e. The molecule has 130 valence electrons. The number of esters is 1. The van der Waals surface area contributed by atoms with E-state index in [1.807, 2.05) is 31.2 Å². The Bertz CT molecular complexity index is 772. The zero-order valence-corrected chi connectivity index (χ0v) is 14.2. The Hall–Kier alpha value is -3.15. The fourth-order valence-electron chi connectivity index (χ4n) is 2.04. The lowest BCUT2D eigenvalue weighted by Crippen LogP contribution is -2.20. The molecule has 2 rings (SSSR count). The molecule has 0 aromatic heterocycles. The normalized spacial score (nSPS) is 10.5. The molecule has 6 heteroatoms. The van der Waals surface area contributed by atoms with E-state index in [0.29, 0.717) is 11.3 Å². The fourth-order valence-corrected chi connectivity index (χ4v) is 2.04. The van der Waals surface area contributed by atoms with Crippen LogP contribution >= 0.6 is 0 Å². The topological polar surface area (TPSA) is 77.0 Å². The number of aryl methyl sites for hydroxylation is 1. The van der Waals surface area contributed by atoms with Crippen LogP contribution in [0.4, 0.5) is 0 Å². The van der Waals surface area contributed by atoms with Crippen LogP contribution < -0.4 is 14.9 Å². The highest BCUT2D eigenvalue weighted by Crippen LogP contribution is 2.16. The predicted molar refractivity (Wildman–Crippen MR) is 94.8 cm³/mol. The minimum atomic E-state index is -0.418. The van der Waals surface area contributed by atoms with Crippen molar-refractivity contribution >= 4 is 18.1 Å². The van der Waals surface area contributed by atoms with Gasteiger partial charge in [-0.1, -0.05) is 30.3 Å². The average Bonchev–Trinajstić information content (AvgIpc) is 2.58. The van der Waals surface area contributed by atoms with Crippen LogP contribution in [0.5, 0.6) is 11.5 Å². The molecule has 0 radical (unpaired) electrons. The van der Waals surface area contributed by atoms with Gasteiger partial charge in [0.25, 0.3) is 0 Å². The van der Waals surface area contributed by atoms with E-state index in [-0.39, 0.29) is 18.9 Å². The Morgan fingerprint density at radius 3 is 2.48 bits per heavy atom. The third-order valence-corrected chi connectivity index (χ3v) is 3.25. The van der Waals surface area contributed by atoms with Gasteiger partial charge in [0.15, 0.2) is 0 Å². The zero-order valence-electron chi connectivity index (χ0n) is 14.2. The molecular formula is C19H20N2O4. The van der Waals surface area contributed by atoms with E-state index >= 15 is 0 Å². The van der Waals surface area contributed by atoms with Crippen LogP contribution in [0.3, 0.4) is 0 Å². The summed E-state index contributed by atoms with van der Waals surface area (Å²) in [5.74, 6) is 0.457. The second kappa shape index (κ2) is 9.22. The van der Waals surface area contributed by atoms with E-state index < -0.39 is 5.97 Å². The third kappa shape index (κ3) is 6.10. The van der Waals surface area contributed by atoms with E-state index in [4.69, 9.17) is 9.47 Å². The Labute approximate surface area is 146 Å². The van der Waals surface area contributed by atoms with Crippen LogP contribution in [0.25, 0.3) is 0 Å². The van der Waals surface area contributed by atoms with Crippen LogP contribution in [0.1, 0.15) is 24.5 Å². The summed E-state index contributed by atoms with van der Waals surface area (Å²) in [4.78, 5) is 22.8. The first-order valence-electron chi connectivity index (χ1n) is 7.84. The number of rotatable bonds is 7. The molecule has 0 aliphatic carbocycles. The Morgan fingerprint density at radius 1 is 1.08 bits per heavy atom. The lowest BCUT2D eigenvalue weighted by Gasteiger charge is -2.08. The molecule has 2 aromatic rings. The molecule has 1 N–H and O–H groups in total. The third-order valence-electron chi connectivity index (χ3n) is 3.25. The highest BCUT2D eigenvalue weighted by Gasteiger charge is 2.04. The van der Waals surface area contributed by atoms with Gasteiger partial charge in [-0.3, -0.25) is 9.59 Å². The number of benzene rings is 2. The van der Waals surface area contributed by atoms with Crippen molar-refractivity contribution in [1.82, 2.24) is 5.43 Å². The van der Waals surface area contributed by atoms with Crippen LogP contribution in [0, 0.1) is 6.92 Å². The standard InChI is InChI=1S/C19H20N2O4/c1-14-7-3-5-9-17(14)24-12-11-19(23)21-20-13-16-8-4-6-10-18(16)25-15(2)22/h3-10,13H,11-12H2,1-2H3,(H,21,23)/b20-13+. The lowest BCUT2D eigenvalue weighted by atomic mass is 10.2. The van der Waals surface area contributed by atoms with Gasteiger partial charge < -0.3 is 9.47 Å². The monoisotopic (exact) mass is 340 g/mol. The van der Waals surface area contributed by atoms with Crippen molar-refractivity contribution in [3.63, 3.8) is 0 Å². The number of para-hydroxylation sites is 2. The van der Waals surface area contributed by atoms with Crippen LogP contribution in [0.15, 0.2) is 53.6 Å². The van der Waals surface area contributed by atoms with Gasteiger partial charge in [-0.25, -0.2) is 5.43 Å². The molecule has 6 nitrogen and oxygen atoms in total. The van der Waals surface area contributed by atoms with Gasteiger partial charge in [0.05, 0.1) is 19.2 Å². The summed E-state index contributed by atoms with van der Waals surface area (Å²) in [6.07, 6.45) is 1.61. The van der Waals surface area contributed by atoms with Gasteiger partial charge in [-0.15, -0.1) is 0 Å². The molecule has 1 amide bonds. The van der Waals surface area contributed by atoms with Crippen molar-refractivity contribution < 1.29 is 19.1 Å². The van der Waals surface area contributed by atoms with Crippen molar-refractivity contribution in [1.29, 1.82) is 0 Å². The van der Waals surface area contributed by atoms with E-state index in [2.05, 4.69) is 10.5 Å². The van der Waals surface area contributed by atoms with Crippen molar-refractivity contribution in [2.75, 3.05) is 6.61 Å². The molecule has 25 heavy (non-hydrogen) atoms. The number of hydrazone groups is 1. The lowest BCUT2D eigenvalue weighted by molar-refractivity contribution is -0.132. The number of carbonyl (C=O) groups excluding carboxylic acids is 2. The minimum absolute atomic E-state index is 0.178. The van der Waals surface area contributed by atoms with Crippen molar-refractivity contribution in [3.05, 3.63) is 59.7 Å². The number of ether oxygens (including phenoxy) is 2. The number of nitrogens with one attached hydrogen (secondary N) is 1. The van der Waals surface area contributed by atoms with Crippen LogP contribution in [-0.4, -0.2) is 24.7 Å². The zero-order chi connectivity index (χ0) is 18.1. The highest BCUT2D eigenvalue weighted by atomic mass is 16.5. The summed E-state index contributed by atoms with van der Waals surface area (Å²) < 4.78 is 10.6. The van der Waals surface area contributed by atoms with E-state index in [0.717, 1.165) is 11.3 Å². The van der Waals surface area contributed by atoms with E-state index in [1.54, 1.807) is 24.3 Å². The molecule has 0 fully saturated rings. The number of nitrogens with zero attached hydrogens (tertiary/aromatic N) is 1. The second-order valence-electron chi connectivity index (χ2n) is 5.29. The summed E-state index contributed by atoms with van der Waals surface area (Å²) in [5.41, 5.74) is 4.03. The van der Waals surface area contributed by atoms with Gasteiger partial charge in [0.1, 0.15) is 11.5 Å². The first-order valence-corrected chi connectivity index (χ1v) is 7.84. The molecular weight excluding hydrogens is 320 g/mol. The van der Waals surface area contributed by atoms with E-state index in [1.165, 1.54) is 13.1 Å². The summed E-state index contributed by atoms with van der Waals surface area (Å²) in [6, 6.07) is 14.5. The molecule has 0 saturated heterocycles. The average molecular weight is 340 g/mol. The fraction of sp³-hybridized carbons (Fsp3) is 0.211. The maximum atomic E-state index is 11.8. The Balaban J connectivity index is 1.81. The number of hydrogen-bond acceptors (Lipinski definition) is 5. The van der Waals surface area contributed by atoms with Gasteiger partial charge in [-0.2, -0.15) is 5.10 Å². The van der Waals surface area contributed by atoms with Gasteiger partial charge in [-0.05, 0) is 30.7 Å². The van der Waals surface area contributed by atoms with Crippen LogP contribution in [0.2, 0.25) is 0 Å². The SMILES string of the molecule is CC(=O)Oc1ccccc1/C=N/NC(=O)CCOc1ccccc1C. The molecule has 0 atom stereocenters. The summed E-state index contributed by atoms with van der Waals surface area (Å²) in [7, 11) is 0. The molecule has 0 saturated carbocycles. The maximum absolute atomic E-state index is 11.8. The molecule has 0 unspecified atom stereocenters. The summed E-state index contributed by atoms with van der Waals surface area (Å²) in [6.45, 7) is 3.53. The molecule has 0 spiro atoms. The second-order valence-corrected chi connectivity index (χ2v) is 5.29. The summed E-state index contributed by atoms with van der Waals surface area (Å²) in [5, 5.41) is 3.88. The summed E-state index contributed by atoms with van der Waals surface area (Å²) >= 11 is 0. The van der Waals surface area contributed by atoms with Gasteiger partial charge in [0, 0.05) is 12.5 Å². The first-order chi connectivity index (χ1) is 12.1.